The molecule has 1 aromatic rings. The minimum absolute atomic E-state index is 0.610. The van der Waals surface area contributed by atoms with Crippen LogP contribution in [0.15, 0.2) is 12.1 Å². The number of nitriles is 1. The zero-order valence-electron chi connectivity index (χ0n) is 8.95. The number of nitrogens with two attached hydrogens (primary N) is 1. The third-order valence-corrected chi connectivity index (χ3v) is 3.09. The molecule has 15 heavy (non-hydrogen) atoms. The SMILES string of the molecule is CCN1CCc2c(ccc(C#N)c2N)C1. The van der Waals surface area contributed by atoms with Crippen LogP contribution in [0.1, 0.15) is 23.6 Å². The fourth-order valence-electron chi connectivity index (χ4n) is 2.11. The van der Waals surface area contributed by atoms with E-state index in [4.69, 9.17) is 11.0 Å². The first-order valence-electron chi connectivity index (χ1n) is 5.29. The molecule has 2 N–H and O–H groups in total. The van der Waals surface area contributed by atoms with Crippen LogP contribution in [0.3, 0.4) is 0 Å². The maximum Gasteiger partial charge on any atom is 0.101 e. The van der Waals surface area contributed by atoms with Crippen molar-refractivity contribution in [3.63, 3.8) is 0 Å². The van der Waals surface area contributed by atoms with E-state index in [1.165, 1.54) is 11.1 Å². The first kappa shape index (κ1) is 10.0. The predicted molar refractivity (Wildman–Crippen MR) is 60.2 cm³/mol. The third kappa shape index (κ3) is 1.69. The summed E-state index contributed by atoms with van der Waals surface area (Å²) < 4.78 is 0. The molecule has 0 amide bonds. The number of benzene rings is 1. The van der Waals surface area contributed by atoms with Gasteiger partial charge in [0.05, 0.1) is 11.3 Å². The summed E-state index contributed by atoms with van der Waals surface area (Å²) in [4.78, 5) is 2.38. The van der Waals surface area contributed by atoms with Crippen LogP contribution < -0.4 is 5.73 Å². The second-order valence-electron chi connectivity index (χ2n) is 3.90. The number of hydrogen-bond acceptors (Lipinski definition) is 3. The summed E-state index contributed by atoms with van der Waals surface area (Å²) in [7, 11) is 0. The van der Waals surface area contributed by atoms with Crippen LogP contribution in [0.4, 0.5) is 5.69 Å². The van der Waals surface area contributed by atoms with Crippen LogP contribution in [0.25, 0.3) is 0 Å². The van der Waals surface area contributed by atoms with E-state index in [2.05, 4.69) is 17.9 Å². The summed E-state index contributed by atoms with van der Waals surface area (Å²) in [6, 6.07) is 5.99. The Bertz CT molecular complexity index is 418. The number of nitrogen functional groups attached to an aromatic ring is 1. The van der Waals surface area contributed by atoms with Gasteiger partial charge in [-0.25, -0.2) is 0 Å². The van der Waals surface area contributed by atoms with Crippen molar-refractivity contribution in [2.45, 2.75) is 19.9 Å². The molecule has 0 aromatic heterocycles. The van der Waals surface area contributed by atoms with Gasteiger partial charge >= 0.3 is 0 Å². The van der Waals surface area contributed by atoms with Gasteiger partial charge < -0.3 is 5.73 Å². The average molecular weight is 201 g/mol. The van der Waals surface area contributed by atoms with Crippen molar-refractivity contribution >= 4 is 5.69 Å². The Labute approximate surface area is 90.1 Å². The molecule has 1 aliphatic rings. The molecular formula is C12H15N3. The maximum atomic E-state index is 8.88. The Kier molecular flexibility index (Phi) is 2.61. The molecule has 2 rings (SSSR count). The van der Waals surface area contributed by atoms with Crippen molar-refractivity contribution in [3.05, 3.63) is 28.8 Å². The van der Waals surface area contributed by atoms with Crippen molar-refractivity contribution < 1.29 is 0 Å². The van der Waals surface area contributed by atoms with E-state index in [0.717, 1.165) is 26.1 Å². The molecule has 3 heteroatoms. The second-order valence-corrected chi connectivity index (χ2v) is 3.90. The molecular weight excluding hydrogens is 186 g/mol. The Morgan fingerprint density at radius 1 is 1.53 bits per heavy atom. The highest BCUT2D eigenvalue weighted by molar-refractivity contribution is 5.62. The summed E-state index contributed by atoms with van der Waals surface area (Å²) in [5.74, 6) is 0. The van der Waals surface area contributed by atoms with E-state index >= 15 is 0 Å². The van der Waals surface area contributed by atoms with Crippen LogP contribution in [0.5, 0.6) is 0 Å². The zero-order chi connectivity index (χ0) is 10.8. The Hall–Kier alpha value is -1.53. The van der Waals surface area contributed by atoms with E-state index in [0.29, 0.717) is 11.3 Å². The molecule has 1 aliphatic heterocycles. The second kappa shape index (κ2) is 3.92. The number of fused-ring (bicyclic) bond motifs is 1. The van der Waals surface area contributed by atoms with Gasteiger partial charge in [-0.3, -0.25) is 4.90 Å². The first-order valence-corrected chi connectivity index (χ1v) is 5.29. The van der Waals surface area contributed by atoms with E-state index in [1.54, 1.807) is 0 Å². The summed E-state index contributed by atoms with van der Waals surface area (Å²) in [5, 5.41) is 8.88. The molecule has 0 saturated heterocycles. The lowest BCUT2D eigenvalue weighted by Crippen LogP contribution is -2.30. The molecule has 0 bridgehead atoms. The van der Waals surface area contributed by atoms with E-state index in [9.17, 15) is 0 Å². The number of nitrogens with zero attached hydrogens (tertiary/aromatic N) is 2. The molecule has 0 aliphatic carbocycles. The van der Waals surface area contributed by atoms with Crippen LogP contribution >= 0.6 is 0 Å². The molecule has 0 spiro atoms. The van der Waals surface area contributed by atoms with Gasteiger partial charge in [0.15, 0.2) is 0 Å². The fourth-order valence-corrected chi connectivity index (χ4v) is 2.11. The third-order valence-electron chi connectivity index (χ3n) is 3.09. The van der Waals surface area contributed by atoms with Crippen molar-refractivity contribution in [1.82, 2.24) is 4.90 Å². The van der Waals surface area contributed by atoms with Crippen molar-refractivity contribution in [1.29, 1.82) is 5.26 Å². The highest BCUT2D eigenvalue weighted by Crippen LogP contribution is 2.26. The lowest BCUT2D eigenvalue weighted by atomic mass is 9.95. The maximum absolute atomic E-state index is 8.88. The molecule has 0 unspecified atom stereocenters. The van der Waals surface area contributed by atoms with Crippen LogP contribution in [-0.4, -0.2) is 18.0 Å². The number of hydrogen-bond donors (Lipinski definition) is 1. The van der Waals surface area contributed by atoms with Gasteiger partial charge in [-0.05, 0) is 30.2 Å². The minimum atomic E-state index is 0.610. The topological polar surface area (TPSA) is 53.0 Å². The zero-order valence-corrected chi connectivity index (χ0v) is 8.95. The minimum Gasteiger partial charge on any atom is -0.397 e. The van der Waals surface area contributed by atoms with Gasteiger partial charge in [0.1, 0.15) is 6.07 Å². The fraction of sp³-hybridized carbons (Fsp3) is 0.417. The quantitative estimate of drug-likeness (QED) is 0.701. The average Bonchev–Trinajstić information content (AvgIpc) is 2.29. The molecule has 0 radical (unpaired) electrons. The molecule has 1 aromatic carbocycles. The van der Waals surface area contributed by atoms with Crippen LogP contribution in [-0.2, 0) is 13.0 Å². The number of anilines is 1. The number of likely N-dealkylation sites (N-methyl/N-ethyl adjacent to an activating group) is 1. The smallest absolute Gasteiger partial charge is 0.101 e. The summed E-state index contributed by atoms with van der Waals surface area (Å²) in [6.07, 6.45) is 0.963. The van der Waals surface area contributed by atoms with Gasteiger partial charge in [0.25, 0.3) is 0 Å². The number of rotatable bonds is 1. The van der Waals surface area contributed by atoms with Gasteiger partial charge in [-0.1, -0.05) is 13.0 Å². The van der Waals surface area contributed by atoms with E-state index in [-0.39, 0.29) is 0 Å². The monoisotopic (exact) mass is 201 g/mol. The largest absolute Gasteiger partial charge is 0.397 e. The standard InChI is InChI=1S/C12H15N3/c1-2-15-6-5-11-10(8-15)4-3-9(7-13)12(11)14/h3-4H,2,5-6,8,14H2,1H3. The first-order chi connectivity index (χ1) is 7.26. The summed E-state index contributed by atoms with van der Waals surface area (Å²) in [5.41, 5.74) is 9.71. The van der Waals surface area contributed by atoms with E-state index in [1.807, 2.05) is 12.1 Å². The van der Waals surface area contributed by atoms with Crippen molar-refractivity contribution in [2.75, 3.05) is 18.8 Å². The van der Waals surface area contributed by atoms with Crippen LogP contribution in [0.2, 0.25) is 0 Å². The lowest BCUT2D eigenvalue weighted by molar-refractivity contribution is 0.268. The molecule has 78 valence electrons. The Balaban J connectivity index is 2.40. The van der Waals surface area contributed by atoms with E-state index < -0.39 is 0 Å². The molecule has 0 fully saturated rings. The highest BCUT2D eigenvalue weighted by Gasteiger charge is 2.18. The Morgan fingerprint density at radius 2 is 2.33 bits per heavy atom. The molecule has 1 heterocycles. The summed E-state index contributed by atoms with van der Waals surface area (Å²) >= 11 is 0. The van der Waals surface area contributed by atoms with Gasteiger partial charge in [0.2, 0.25) is 0 Å². The normalized spacial score (nSPS) is 15.7. The van der Waals surface area contributed by atoms with Gasteiger partial charge in [0, 0.05) is 13.1 Å². The van der Waals surface area contributed by atoms with Gasteiger partial charge in [-0.15, -0.1) is 0 Å². The Morgan fingerprint density at radius 3 is 3.00 bits per heavy atom. The van der Waals surface area contributed by atoms with Crippen LogP contribution in [0, 0.1) is 11.3 Å². The van der Waals surface area contributed by atoms with Crippen molar-refractivity contribution in [2.24, 2.45) is 0 Å². The lowest BCUT2D eigenvalue weighted by Gasteiger charge is -2.28. The highest BCUT2D eigenvalue weighted by atomic mass is 15.1. The molecule has 0 atom stereocenters. The van der Waals surface area contributed by atoms with Crippen molar-refractivity contribution in [3.8, 4) is 6.07 Å². The summed E-state index contributed by atoms with van der Waals surface area (Å²) in [6.45, 7) is 5.24. The van der Waals surface area contributed by atoms with Gasteiger partial charge in [-0.2, -0.15) is 5.26 Å². The predicted octanol–water partition coefficient (Wildman–Crippen LogP) is 1.52. The molecule has 0 saturated carbocycles. The molecule has 3 nitrogen and oxygen atoms in total.